The predicted octanol–water partition coefficient (Wildman–Crippen LogP) is 1.03. The fourth-order valence-electron chi connectivity index (χ4n) is 0.952. The molecule has 0 amide bonds. The highest BCUT2D eigenvalue weighted by Gasteiger charge is 2.09. The molecular weight excluding hydrogens is 194 g/mol. The van der Waals surface area contributed by atoms with Crippen molar-refractivity contribution in [3.8, 4) is 11.8 Å². The zero-order valence-corrected chi connectivity index (χ0v) is 8.79. The Kier molecular flexibility index (Phi) is 4.45. The highest BCUT2D eigenvalue weighted by atomic mass is 16.5. The van der Waals surface area contributed by atoms with Gasteiger partial charge in [0, 0.05) is 13.0 Å². The molecule has 0 saturated carbocycles. The van der Waals surface area contributed by atoms with Crippen molar-refractivity contribution >= 4 is 5.97 Å². The second kappa shape index (κ2) is 5.89. The summed E-state index contributed by atoms with van der Waals surface area (Å²) in [4.78, 5) is 11.0. The molecule has 0 fully saturated rings. The molecule has 1 aromatic rings. The number of hydrogen-bond donors (Lipinski definition) is 1. The van der Waals surface area contributed by atoms with Crippen molar-refractivity contribution in [3.05, 3.63) is 23.7 Å². The fourth-order valence-corrected chi connectivity index (χ4v) is 0.952. The lowest BCUT2D eigenvalue weighted by Crippen LogP contribution is -2.05. The summed E-state index contributed by atoms with van der Waals surface area (Å²) >= 11 is 0. The van der Waals surface area contributed by atoms with Gasteiger partial charge in [-0.3, -0.25) is 0 Å². The molecule has 0 aliphatic rings. The Morgan fingerprint density at radius 3 is 3.07 bits per heavy atom. The number of methoxy groups -OCH3 is 1. The van der Waals surface area contributed by atoms with E-state index in [1.54, 1.807) is 12.1 Å². The molecule has 80 valence electrons. The second-order valence-electron chi connectivity index (χ2n) is 2.81. The van der Waals surface area contributed by atoms with Gasteiger partial charge in [0.05, 0.1) is 7.11 Å². The first kappa shape index (κ1) is 11.3. The molecule has 0 aliphatic carbocycles. The van der Waals surface area contributed by atoms with Crippen molar-refractivity contribution in [2.45, 2.75) is 6.42 Å². The number of ether oxygens (including phenoxy) is 1. The van der Waals surface area contributed by atoms with E-state index in [1.807, 2.05) is 7.05 Å². The second-order valence-corrected chi connectivity index (χ2v) is 2.81. The van der Waals surface area contributed by atoms with Crippen LogP contribution < -0.4 is 5.32 Å². The molecule has 0 atom stereocenters. The average Bonchev–Trinajstić information content (AvgIpc) is 2.72. The zero-order chi connectivity index (χ0) is 11.1. The molecule has 4 heteroatoms. The van der Waals surface area contributed by atoms with Gasteiger partial charge >= 0.3 is 5.97 Å². The van der Waals surface area contributed by atoms with Crippen LogP contribution in [0.25, 0.3) is 0 Å². The molecule has 0 radical (unpaired) electrons. The van der Waals surface area contributed by atoms with E-state index < -0.39 is 5.97 Å². The van der Waals surface area contributed by atoms with Crippen molar-refractivity contribution in [3.63, 3.8) is 0 Å². The Hall–Kier alpha value is -1.73. The first-order valence-corrected chi connectivity index (χ1v) is 4.59. The van der Waals surface area contributed by atoms with Crippen molar-refractivity contribution in [1.29, 1.82) is 0 Å². The van der Waals surface area contributed by atoms with Crippen LogP contribution in [0.4, 0.5) is 0 Å². The summed E-state index contributed by atoms with van der Waals surface area (Å²) in [5, 5.41) is 2.98. The Morgan fingerprint density at radius 2 is 2.40 bits per heavy atom. The molecule has 0 unspecified atom stereocenters. The Bertz CT molecular complexity index is 384. The Balaban J connectivity index is 2.59. The third-order valence-electron chi connectivity index (χ3n) is 1.70. The Morgan fingerprint density at radius 1 is 1.60 bits per heavy atom. The van der Waals surface area contributed by atoms with Gasteiger partial charge in [-0.2, -0.15) is 0 Å². The summed E-state index contributed by atoms with van der Waals surface area (Å²) in [7, 11) is 3.17. The van der Waals surface area contributed by atoms with Gasteiger partial charge in [0.25, 0.3) is 0 Å². The maximum absolute atomic E-state index is 11.0. The van der Waals surface area contributed by atoms with E-state index in [1.165, 1.54) is 7.11 Å². The first-order valence-electron chi connectivity index (χ1n) is 4.59. The summed E-state index contributed by atoms with van der Waals surface area (Å²) in [5.41, 5.74) is 0. The van der Waals surface area contributed by atoms with Gasteiger partial charge < -0.3 is 14.5 Å². The van der Waals surface area contributed by atoms with E-state index in [4.69, 9.17) is 4.42 Å². The molecule has 0 bridgehead atoms. The quantitative estimate of drug-likeness (QED) is 0.457. The molecule has 0 saturated heterocycles. The third kappa shape index (κ3) is 3.49. The van der Waals surface area contributed by atoms with E-state index in [2.05, 4.69) is 21.9 Å². The lowest BCUT2D eigenvalue weighted by Gasteiger charge is -1.91. The monoisotopic (exact) mass is 207 g/mol. The smallest absolute Gasteiger partial charge is 0.374 e. The van der Waals surface area contributed by atoms with Crippen LogP contribution in [0.1, 0.15) is 22.7 Å². The van der Waals surface area contributed by atoms with Gasteiger partial charge in [-0.15, -0.1) is 0 Å². The number of nitrogens with one attached hydrogen (secondary N) is 1. The van der Waals surface area contributed by atoms with Crippen LogP contribution in [-0.2, 0) is 4.74 Å². The minimum Gasteiger partial charge on any atom is -0.463 e. The van der Waals surface area contributed by atoms with Crippen LogP contribution in [0.5, 0.6) is 0 Å². The highest BCUT2D eigenvalue weighted by Crippen LogP contribution is 2.07. The lowest BCUT2D eigenvalue weighted by atomic mass is 10.4. The van der Waals surface area contributed by atoms with Crippen molar-refractivity contribution in [1.82, 2.24) is 5.32 Å². The predicted molar refractivity (Wildman–Crippen MR) is 55.5 cm³/mol. The minimum atomic E-state index is -0.488. The van der Waals surface area contributed by atoms with Crippen molar-refractivity contribution in [2.75, 3.05) is 20.7 Å². The number of hydrogen-bond acceptors (Lipinski definition) is 4. The van der Waals surface area contributed by atoms with Gasteiger partial charge in [0.15, 0.2) is 5.76 Å². The number of furan rings is 1. The Labute approximate surface area is 88.6 Å². The van der Waals surface area contributed by atoms with Crippen LogP contribution in [0, 0.1) is 11.8 Å². The van der Waals surface area contributed by atoms with Crippen LogP contribution in [0.15, 0.2) is 16.5 Å². The average molecular weight is 207 g/mol. The van der Waals surface area contributed by atoms with Gasteiger partial charge in [0.2, 0.25) is 5.76 Å². The van der Waals surface area contributed by atoms with Crippen LogP contribution in [0.2, 0.25) is 0 Å². The summed E-state index contributed by atoms with van der Waals surface area (Å²) < 4.78 is 9.65. The molecule has 0 aliphatic heterocycles. The van der Waals surface area contributed by atoms with E-state index >= 15 is 0 Å². The van der Waals surface area contributed by atoms with Crippen molar-refractivity contribution in [2.24, 2.45) is 0 Å². The third-order valence-corrected chi connectivity index (χ3v) is 1.70. The number of carbonyl (C=O) groups excluding carboxylic acids is 1. The highest BCUT2D eigenvalue weighted by molar-refractivity contribution is 5.86. The van der Waals surface area contributed by atoms with Crippen LogP contribution in [-0.4, -0.2) is 26.7 Å². The number of rotatable bonds is 3. The van der Waals surface area contributed by atoms with Gasteiger partial charge in [-0.1, -0.05) is 5.92 Å². The van der Waals surface area contributed by atoms with Crippen LogP contribution >= 0.6 is 0 Å². The minimum absolute atomic E-state index is 0.176. The van der Waals surface area contributed by atoms with Crippen LogP contribution in [0.3, 0.4) is 0 Å². The van der Waals surface area contributed by atoms with E-state index in [9.17, 15) is 4.79 Å². The maximum Gasteiger partial charge on any atom is 0.374 e. The molecule has 15 heavy (non-hydrogen) atoms. The fraction of sp³-hybridized carbons (Fsp3) is 0.364. The molecule has 1 rings (SSSR count). The molecule has 4 nitrogen and oxygen atoms in total. The SMILES string of the molecule is CNCCC#Cc1ccc(C(=O)OC)o1. The van der Waals surface area contributed by atoms with Crippen molar-refractivity contribution < 1.29 is 13.9 Å². The maximum atomic E-state index is 11.0. The van der Waals surface area contributed by atoms with E-state index in [0.29, 0.717) is 5.76 Å². The molecular formula is C11H13NO3. The van der Waals surface area contributed by atoms with E-state index in [-0.39, 0.29) is 5.76 Å². The normalized spacial score (nSPS) is 9.20. The number of esters is 1. The summed E-state index contributed by atoms with van der Waals surface area (Å²) in [5.74, 6) is 5.90. The molecule has 1 aromatic heterocycles. The first-order chi connectivity index (χ1) is 7.27. The lowest BCUT2D eigenvalue weighted by molar-refractivity contribution is 0.0564. The molecule has 0 spiro atoms. The van der Waals surface area contributed by atoms with E-state index in [0.717, 1.165) is 13.0 Å². The summed E-state index contributed by atoms with van der Waals surface area (Å²) in [6.45, 7) is 0.831. The molecule has 1 N–H and O–H groups in total. The molecule has 1 heterocycles. The van der Waals surface area contributed by atoms with Gasteiger partial charge in [-0.25, -0.2) is 4.79 Å². The summed E-state index contributed by atoms with van der Waals surface area (Å²) in [6.07, 6.45) is 0.741. The largest absolute Gasteiger partial charge is 0.463 e. The topological polar surface area (TPSA) is 51.5 Å². The summed E-state index contributed by atoms with van der Waals surface area (Å²) in [6, 6.07) is 3.20. The number of carbonyl (C=O) groups is 1. The van der Waals surface area contributed by atoms with Gasteiger partial charge in [0.1, 0.15) is 0 Å². The standard InChI is InChI=1S/C11H13NO3/c1-12-8-4-3-5-9-6-7-10(15-9)11(13)14-2/h6-7,12H,4,8H2,1-2H3. The molecule has 0 aromatic carbocycles. The van der Waals surface area contributed by atoms with Gasteiger partial charge in [-0.05, 0) is 25.1 Å². The zero-order valence-electron chi connectivity index (χ0n) is 8.79.